The Hall–Kier alpha value is -2.68. The second-order valence-corrected chi connectivity index (χ2v) is 7.29. The van der Waals surface area contributed by atoms with Crippen LogP contribution in [-0.4, -0.2) is 11.8 Å². The van der Waals surface area contributed by atoms with Crippen LogP contribution in [0.25, 0.3) is 0 Å². The lowest BCUT2D eigenvalue weighted by Crippen LogP contribution is -2.26. The number of carbonyl (C=O) groups excluding carboxylic acids is 2. The van der Waals surface area contributed by atoms with E-state index in [0.717, 1.165) is 11.1 Å². The first kappa shape index (κ1) is 18.7. The van der Waals surface area contributed by atoms with Crippen molar-refractivity contribution in [2.24, 2.45) is 5.41 Å². The SMILES string of the molecule is C=C(C)Cc1cc(C(=O)c2ccccc2)ccc1OC(=O)C(C)(C)C. The molecule has 0 aromatic heterocycles. The number of hydrogen-bond donors (Lipinski definition) is 0. The minimum Gasteiger partial charge on any atom is -0.426 e. The zero-order chi connectivity index (χ0) is 18.6. The summed E-state index contributed by atoms with van der Waals surface area (Å²) in [6.45, 7) is 11.3. The maximum Gasteiger partial charge on any atom is 0.316 e. The summed E-state index contributed by atoms with van der Waals surface area (Å²) in [6, 6.07) is 14.3. The van der Waals surface area contributed by atoms with Crippen molar-refractivity contribution in [3.63, 3.8) is 0 Å². The second-order valence-electron chi connectivity index (χ2n) is 7.29. The van der Waals surface area contributed by atoms with E-state index in [9.17, 15) is 9.59 Å². The molecule has 0 bridgehead atoms. The summed E-state index contributed by atoms with van der Waals surface area (Å²) in [6.07, 6.45) is 0.544. The standard InChI is InChI=1S/C22H24O3/c1-15(2)13-18-14-17(20(23)16-9-7-6-8-10-16)11-12-19(18)25-21(24)22(3,4)5/h6-12,14H,1,13H2,2-5H3. The number of carbonyl (C=O) groups is 2. The smallest absolute Gasteiger partial charge is 0.316 e. The number of ether oxygens (including phenoxy) is 1. The van der Waals surface area contributed by atoms with Crippen LogP contribution in [0.15, 0.2) is 60.7 Å². The molecule has 130 valence electrons. The molecule has 3 heteroatoms. The summed E-state index contributed by atoms with van der Waals surface area (Å²) >= 11 is 0. The molecule has 0 N–H and O–H groups in total. The van der Waals surface area contributed by atoms with Gasteiger partial charge in [0.2, 0.25) is 0 Å². The van der Waals surface area contributed by atoms with Crippen molar-refractivity contribution < 1.29 is 14.3 Å². The predicted octanol–water partition coefficient (Wildman–Crippen LogP) is 4.99. The first-order valence-electron chi connectivity index (χ1n) is 8.28. The molecule has 2 aromatic rings. The minimum atomic E-state index is -0.598. The Kier molecular flexibility index (Phi) is 5.58. The molecule has 0 aliphatic rings. The van der Waals surface area contributed by atoms with Crippen molar-refractivity contribution in [1.82, 2.24) is 0 Å². The van der Waals surface area contributed by atoms with Crippen molar-refractivity contribution >= 4 is 11.8 Å². The van der Waals surface area contributed by atoms with E-state index in [1.54, 1.807) is 51.1 Å². The average Bonchev–Trinajstić information content (AvgIpc) is 2.55. The predicted molar refractivity (Wildman–Crippen MR) is 99.9 cm³/mol. The van der Waals surface area contributed by atoms with Crippen LogP contribution >= 0.6 is 0 Å². The molecule has 0 radical (unpaired) electrons. The van der Waals surface area contributed by atoms with Gasteiger partial charge in [-0.05, 0) is 57.9 Å². The van der Waals surface area contributed by atoms with E-state index >= 15 is 0 Å². The van der Waals surface area contributed by atoms with E-state index in [1.807, 2.05) is 25.1 Å². The van der Waals surface area contributed by atoms with E-state index in [2.05, 4.69) is 6.58 Å². The van der Waals surface area contributed by atoms with Crippen LogP contribution in [0.1, 0.15) is 49.2 Å². The average molecular weight is 336 g/mol. The van der Waals surface area contributed by atoms with Gasteiger partial charge in [-0.15, -0.1) is 0 Å². The Morgan fingerprint density at radius 1 is 1.00 bits per heavy atom. The van der Waals surface area contributed by atoms with Crippen LogP contribution in [0.4, 0.5) is 0 Å². The largest absolute Gasteiger partial charge is 0.426 e. The van der Waals surface area contributed by atoms with E-state index in [1.165, 1.54) is 0 Å². The highest BCUT2D eigenvalue weighted by Crippen LogP contribution is 2.27. The number of ketones is 1. The van der Waals surface area contributed by atoms with Gasteiger partial charge in [-0.2, -0.15) is 0 Å². The molecule has 3 nitrogen and oxygen atoms in total. The van der Waals surface area contributed by atoms with E-state index < -0.39 is 5.41 Å². The van der Waals surface area contributed by atoms with Gasteiger partial charge in [0.1, 0.15) is 5.75 Å². The quantitative estimate of drug-likeness (QED) is 0.334. The lowest BCUT2D eigenvalue weighted by molar-refractivity contribution is -0.143. The minimum absolute atomic E-state index is 0.0581. The van der Waals surface area contributed by atoms with Crippen molar-refractivity contribution in [2.75, 3.05) is 0 Å². The first-order valence-corrected chi connectivity index (χ1v) is 8.28. The Balaban J connectivity index is 2.38. The molecule has 0 spiro atoms. The molecule has 2 aromatic carbocycles. The molecule has 2 rings (SSSR count). The van der Waals surface area contributed by atoms with Crippen molar-refractivity contribution in [2.45, 2.75) is 34.1 Å². The van der Waals surface area contributed by atoms with Gasteiger partial charge in [0.25, 0.3) is 0 Å². The van der Waals surface area contributed by atoms with Crippen LogP contribution in [0, 0.1) is 5.41 Å². The number of esters is 1. The monoisotopic (exact) mass is 336 g/mol. The van der Waals surface area contributed by atoms with Crippen molar-refractivity contribution in [1.29, 1.82) is 0 Å². The summed E-state index contributed by atoms with van der Waals surface area (Å²) in [7, 11) is 0. The molecule has 0 saturated carbocycles. The molecule has 0 heterocycles. The summed E-state index contributed by atoms with van der Waals surface area (Å²) in [5.41, 5.74) is 2.31. The second kappa shape index (κ2) is 7.47. The molecule has 0 unspecified atom stereocenters. The Morgan fingerprint density at radius 3 is 2.20 bits per heavy atom. The Morgan fingerprint density at radius 2 is 1.64 bits per heavy atom. The number of rotatable bonds is 5. The summed E-state index contributed by atoms with van der Waals surface area (Å²) in [4.78, 5) is 24.8. The van der Waals surface area contributed by atoms with Gasteiger partial charge in [-0.1, -0.05) is 42.5 Å². The number of benzene rings is 2. The molecule has 0 atom stereocenters. The van der Waals surface area contributed by atoms with Gasteiger partial charge < -0.3 is 4.74 Å². The zero-order valence-corrected chi connectivity index (χ0v) is 15.3. The topological polar surface area (TPSA) is 43.4 Å². The molecule has 0 fully saturated rings. The van der Waals surface area contributed by atoms with Crippen LogP contribution in [0.3, 0.4) is 0 Å². The lowest BCUT2D eigenvalue weighted by Gasteiger charge is -2.18. The molecular weight excluding hydrogens is 312 g/mol. The highest BCUT2D eigenvalue weighted by Gasteiger charge is 2.25. The molecule has 0 aliphatic heterocycles. The van der Waals surface area contributed by atoms with Gasteiger partial charge >= 0.3 is 5.97 Å². The number of allylic oxidation sites excluding steroid dienone is 1. The van der Waals surface area contributed by atoms with Gasteiger partial charge in [0.15, 0.2) is 5.78 Å². The maximum atomic E-state index is 12.6. The van der Waals surface area contributed by atoms with Crippen molar-refractivity contribution in [3.05, 3.63) is 77.4 Å². The van der Waals surface area contributed by atoms with Crippen molar-refractivity contribution in [3.8, 4) is 5.75 Å². The fraction of sp³-hybridized carbons (Fsp3) is 0.273. The fourth-order valence-electron chi connectivity index (χ4n) is 2.29. The van der Waals surface area contributed by atoms with Crippen LogP contribution in [-0.2, 0) is 11.2 Å². The third-order valence-electron chi connectivity index (χ3n) is 3.67. The summed E-state index contributed by atoms with van der Waals surface area (Å²) in [5, 5.41) is 0. The summed E-state index contributed by atoms with van der Waals surface area (Å²) in [5.74, 6) is 0.113. The Labute approximate surface area is 149 Å². The first-order chi connectivity index (χ1) is 11.7. The molecule has 0 aliphatic carbocycles. The van der Waals surface area contributed by atoms with Gasteiger partial charge in [-0.25, -0.2) is 0 Å². The lowest BCUT2D eigenvalue weighted by atomic mass is 9.96. The third kappa shape index (κ3) is 4.90. The highest BCUT2D eigenvalue weighted by atomic mass is 16.5. The van der Waals surface area contributed by atoms with Crippen LogP contribution in [0.5, 0.6) is 5.75 Å². The molecule has 25 heavy (non-hydrogen) atoms. The fourth-order valence-corrected chi connectivity index (χ4v) is 2.29. The van der Waals surface area contributed by atoms with Crippen LogP contribution in [0.2, 0.25) is 0 Å². The van der Waals surface area contributed by atoms with Crippen LogP contribution < -0.4 is 4.74 Å². The van der Waals surface area contributed by atoms with E-state index in [-0.39, 0.29) is 11.8 Å². The molecular formula is C22H24O3. The van der Waals surface area contributed by atoms with Gasteiger partial charge in [-0.3, -0.25) is 9.59 Å². The summed E-state index contributed by atoms with van der Waals surface area (Å²) < 4.78 is 5.56. The molecule has 0 amide bonds. The third-order valence-corrected chi connectivity index (χ3v) is 3.67. The zero-order valence-electron chi connectivity index (χ0n) is 15.3. The van der Waals surface area contributed by atoms with Gasteiger partial charge in [0.05, 0.1) is 5.41 Å². The van der Waals surface area contributed by atoms with E-state index in [0.29, 0.717) is 23.3 Å². The van der Waals surface area contributed by atoms with Gasteiger partial charge in [0, 0.05) is 11.1 Å². The highest BCUT2D eigenvalue weighted by molar-refractivity contribution is 6.09. The molecule has 0 saturated heterocycles. The maximum absolute atomic E-state index is 12.6. The van der Waals surface area contributed by atoms with E-state index in [4.69, 9.17) is 4.74 Å². The normalized spacial score (nSPS) is 11.0. The Bertz CT molecular complexity index is 796. The number of hydrogen-bond acceptors (Lipinski definition) is 3.